The topological polar surface area (TPSA) is 128 Å². The Balaban J connectivity index is 1.80. The number of aromatic nitrogens is 3. The van der Waals surface area contributed by atoms with E-state index in [2.05, 4.69) is 25.4 Å². The van der Waals surface area contributed by atoms with Gasteiger partial charge in [-0.1, -0.05) is 5.16 Å². The van der Waals surface area contributed by atoms with E-state index in [0.717, 1.165) is 0 Å². The van der Waals surface area contributed by atoms with Gasteiger partial charge >= 0.3 is 0 Å². The number of aliphatic imine (C=N–C) groups is 1. The molecular weight excluding hydrogens is 258 g/mol. The zero-order chi connectivity index (χ0) is 14.0. The summed E-state index contributed by atoms with van der Waals surface area (Å²) in [7, 11) is 0. The van der Waals surface area contributed by atoms with Crippen LogP contribution in [0.2, 0.25) is 0 Å². The molecule has 0 amide bonds. The fourth-order valence-electron chi connectivity index (χ4n) is 1.89. The number of nitrogens with zero attached hydrogens (tertiary/aromatic N) is 4. The predicted molar refractivity (Wildman–Crippen MR) is 72.0 cm³/mol. The second-order valence-electron chi connectivity index (χ2n) is 4.39. The molecule has 0 saturated heterocycles. The molecule has 2 aromatic rings. The van der Waals surface area contributed by atoms with Crippen molar-refractivity contribution in [2.24, 2.45) is 16.5 Å². The zero-order valence-electron chi connectivity index (χ0n) is 10.5. The third-order valence-electron chi connectivity index (χ3n) is 2.76. The molecule has 102 valence electrons. The third-order valence-corrected chi connectivity index (χ3v) is 2.76. The Labute approximate surface area is 114 Å². The highest BCUT2D eigenvalue weighted by Gasteiger charge is 2.27. The largest absolute Gasteiger partial charge is 0.384 e. The van der Waals surface area contributed by atoms with Crippen molar-refractivity contribution in [3.63, 3.8) is 0 Å². The molecule has 1 unspecified atom stereocenters. The second kappa shape index (κ2) is 4.74. The molecular formula is C12H13N7O. The lowest BCUT2D eigenvalue weighted by molar-refractivity contribution is 0.318. The van der Waals surface area contributed by atoms with Crippen LogP contribution in [0.1, 0.15) is 5.76 Å². The van der Waals surface area contributed by atoms with Gasteiger partial charge in [-0.3, -0.25) is 5.73 Å². The van der Waals surface area contributed by atoms with Gasteiger partial charge in [-0.05, 0) is 12.1 Å². The molecule has 8 heteroatoms. The van der Waals surface area contributed by atoms with Crippen molar-refractivity contribution in [3.05, 3.63) is 42.7 Å². The molecule has 1 aliphatic heterocycles. The first kappa shape index (κ1) is 12.3. The van der Waals surface area contributed by atoms with E-state index in [4.69, 9.17) is 16.0 Å². The van der Waals surface area contributed by atoms with Gasteiger partial charge in [0.15, 0.2) is 5.79 Å². The monoisotopic (exact) mass is 271 g/mol. The van der Waals surface area contributed by atoms with Crippen LogP contribution < -0.4 is 16.8 Å². The summed E-state index contributed by atoms with van der Waals surface area (Å²) in [5, 5.41) is 6.90. The van der Waals surface area contributed by atoms with Crippen molar-refractivity contribution in [1.29, 1.82) is 0 Å². The minimum absolute atomic E-state index is 0.316. The summed E-state index contributed by atoms with van der Waals surface area (Å²) in [6.07, 6.45) is 6.70. The van der Waals surface area contributed by atoms with E-state index in [0.29, 0.717) is 29.4 Å². The highest BCUT2D eigenvalue weighted by atomic mass is 16.5. The average molecular weight is 271 g/mol. The van der Waals surface area contributed by atoms with Crippen LogP contribution in [0.5, 0.6) is 0 Å². The fraction of sp³-hybridized carbons (Fsp3) is 0.167. The van der Waals surface area contributed by atoms with Gasteiger partial charge in [0.25, 0.3) is 0 Å². The van der Waals surface area contributed by atoms with E-state index < -0.39 is 5.79 Å². The van der Waals surface area contributed by atoms with Gasteiger partial charge in [-0.2, -0.15) is 0 Å². The van der Waals surface area contributed by atoms with Crippen molar-refractivity contribution in [1.82, 2.24) is 20.4 Å². The molecule has 0 fully saturated rings. The van der Waals surface area contributed by atoms with Crippen molar-refractivity contribution >= 4 is 5.84 Å². The van der Waals surface area contributed by atoms with E-state index in [1.165, 1.54) is 6.33 Å². The summed E-state index contributed by atoms with van der Waals surface area (Å²) >= 11 is 0. The fourth-order valence-corrected chi connectivity index (χ4v) is 1.89. The first-order chi connectivity index (χ1) is 9.65. The molecule has 0 saturated carbocycles. The van der Waals surface area contributed by atoms with Gasteiger partial charge in [0, 0.05) is 18.5 Å². The lowest BCUT2D eigenvalue weighted by Crippen LogP contribution is -2.54. The number of hydrogen-bond acceptors (Lipinski definition) is 8. The molecule has 1 aliphatic rings. The zero-order valence-corrected chi connectivity index (χ0v) is 10.5. The Morgan fingerprint density at radius 2 is 2.25 bits per heavy atom. The molecule has 3 rings (SSSR count). The second-order valence-corrected chi connectivity index (χ2v) is 4.39. The summed E-state index contributed by atoms with van der Waals surface area (Å²) < 4.78 is 5.26. The molecule has 0 spiro atoms. The predicted octanol–water partition coefficient (Wildman–Crippen LogP) is -0.239. The van der Waals surface area contributed by atoms with Crippen LogP contribution in [-0.2, 0) is 6.42 Å². The highest BCUT2D eigenvalue weighted by Crippen LogP contribution is 2.19. The minimum Gasteiger partial charge on any atom is -0.384 e. The maximum atomic E-state index is 6.09. The number of amidine groups is 1. The molecule has 3 heterocycles. The van der Waals surface area contributed by atoms with E-state index >= 15 is 0 Å². The SMILES string of the molecule is NC1=NC(N)(Cc2cc(-c3ccncn3)no2)NC=C1. The highest BCUT2D eigenvalue weighted by molar-refractivity contribution is 5.92. The van der Waals surface area contributed by atoms with Crippen LogP contribution in [0.4, 0.5) is 0 Å². The number of nitrogens with one attached hydrogen (secondary N) is 1. The van der Waals surface area contributed by atoms with Crippen molar-refractivity contribution < 1.29 is 4.52 Å². The van der Waals surface area contributed by atoms with E-state index in [1.807, 2.05) is 0 Å². The quantitative estimate of drug-likeness (QED) is 0.702. The van der Waals surface area contributed by atoms with Crippen LogP contribution >= 0.6 is 0 Å². The van der Waals surface area contributed by atoms with Gasteiger partial charge in [-0.15, -0.1) is 0 Å². The number of rotatable bonds is 3. The Kier molecular flexibility index (Phi) is 2.92. The summed E-state index contributed by atoms with van der Waals surface area (Å²) in [5.41, 5.74) is 13.0. The number of hydrogen-bond donors (Lipinski definition) is 3. The van der Waals surface area contributed by atoms with Crippen LogP contribution in [0, 0.1) is 0 Å². The Hall–Kier alpha value is -2.74. The van der Waals surface area contributed by atoms with Gasteiger partial charge in [0.05, 0.1) is 12.1 Å². The molecule has 1 atom stereocenters. The third kappa shape index (κ3) is 2.50. The van der Waals surface area contributed by atoms with Gasteiger partial charge in [0.2, 0.25) is 0 Å². The Bertz CT molecular complexity index is 663. The Morgan fingerprint density at radius 3 is 3.00 bits per heavy atom. The molecule has 8 nitrogen and oxygen atoms in total. The number of nitrogens with two attached hydrogens (primary N) is 2. The maximum absolute atomic E-state index is 6.09. The standard InChI is InChI=1S/C12H13N7O/c13-11-2-4-17-12(14,18-11)6-8-5-10(19-20-8)9-1-3-15-7-16-9/h1-5,7,17H,6,14H2,(H2,13,18). The van der Waals surface area contributed by atoms with Gasteiger partial charge in [-0.25, -0.2) is 15.0 Å². The summed E-state index contributed by atoms with van der Waals surface area (Å²) in [5.74, 6) is -0.0800. The summed E-state index contributed by atoms with van der Waals surface area (Å²) in [6.45, 7) is 0. The van der Waals surface area contributed by atoms with Gasteiger partial charge in [0.1, 0.15) is 23.6 Å². The minimum atomic E-state index is -1.03. The van der Waals surface area contributed by atoms with Crippen LogP contribution in [-0.4, -0.2) is 26.7 Å². The van der Waals surface area contributed by atoms with Crippen molar-refractivity contribution in [3.8, 4) is 11.4 Å². The molecule has 20 heavy (non-hydrogen) atoms. The molecule has 0 aliphatic carbocycles. The van der Waals surface area contributed by atoms with E-state index in [9.17, 15) is 0 Å². The van der Waals surface area contributed by atoms with Crippen molar-refractivity contribution in [2.75, 3.05) is 0 Å². The first-order valence-electron chi connectivity index (χ1n) is 5.95. The van der Waals surface area contributed by atoms with Crippen LogP contribution in [0.15, 0.2) is 46.4 Å². The normalized spacial score (nSPS) is 21.4. The lowest BCUT2D eigenvalue weighted by Gasteiger charge is -2.27. The maximum Gasteiger partial charge on any atom is 0.191 e. The molecule has 5 N–H and O–H groups in total. The molecule has 0 bridgehead atoms. The van der Waals surface area contributed by atoms with Crippen molar-refractivity contribution in [2.45, 2.75) is 12.2 Å². The van der Waals surface area contributed by atoms with Crippen LogP contribution in [0.25, 0.3) is 11.4 Å². The van der Waals surface area contributed by atoms with Gasteiger partial charge < -0.3 is 15.6 Å². The summed E-state index contributed by atoms with van der Waals surface area (Å²) in [6, 6.07) is 3.51. The Morgan fingerprint density at radius 1 is 1.35 bits per heavy atom. The van der Waals surface area contributed by atoms with E-state index in [1.54, 1.807) is 30.6 Å². The molecule has 0 radical (unpaired) electrons. The van der Waals surface area contributed by atoms with E-state index in [-0.39, 0.29) is 0 Å². The molecule has 0 aromatic carbocycles. The van der Waals surface area contributed by atoms with Crippen LogP contribution in [0.3, 0.4) is 0 Å². The first-order valence-corrected chi connectivity index (χ1v) is 5.95. The molecule has 2 aromatic heterocycles. The average Bonchev–Trinajstić information content (AvgIpc) is 2.87. The lowest BCUT2D eigenvalue weighted by atomic mass is 10.1. The summed E-state index contributed by atoms with van der Waals surface area (Å²) in [4.78, 5) is 12.1. The smallest absolute Gasteiger partial charge is 0.191 e.